The van der Waals surface area contributed by atoms with Gasteiger partial charge in [-0.15, -0.1) is 0 Å². The van der Waals surface area contributed by atoms with Crippen LogP contribution >= 0.6 is 0 Å². The van der Waals surface area contributed by atoms with Gasteiger partial charge < -0.3 is 5.32 Å². The van der Waals surface area contributed by atoms with Crippen LogP contribution in [0.4, 0.5) is 0 Å². The van der Waals surface area contributed by atoms with Crippen molar-refractivity contribution < 1.29 is 4.79 Å². The second kappa shape index (κ2) is 8.00. The summed E-state index contributed by atoms with van der Waals surface area (Å²) in [4.78, 5) is 12.6. The Morgan fingerprint density at radius 2 is 1.69 bits per heavy atom. The largest absolute Gasteiger partial charge is 0.348 e. The molecule has 0 bridgehead atoms. The average molecular weight is 347 g/mol. The van der Waals surface area contributed by atoms with Gasteiger partial charge in [0.25, 0.3) is 5.91 Å². The van der Waals surface area contributed by atoms with Gasteiger partial charge in [0.05, 0.1) is 17.5 Å². The number of H-pyrrole nitrogens is 1. The summed E-state index contributed by atoms with van der Waals surface area (Å²) >= 11 is 0. The smallest absolute Gasteiger partial charge is 0.255 e. The SMILES string of the molecule is CCc1ccc(-c2[nH]ncc2C(=O)NCc2ccc(C(C)C)cc2)cc1. The number of rotatable bonds is 6. The molecule has 3 aromatic rings. The van der Waals surface area contributed by atoms with Gasteiger partial charge >= 0.3 is 0 Å². The monoisotopic (exact) mass is 347 g/mol. The normalized spacial score (nSPS) is 10.9. The van der Waals surface area contributed by atoms with Gasteiger partial charge in [-0.25, -0.2) is 0 Å². The lowest BCUT2D eigenvalue weighted by molar-refractivity contribution is 0.0951. The highest BCUT2D eigenvalue weighted by atomic mass is 16.1. The number of amides is 1. The van der Waals surface area contributed by atoms with Crippen LogP contribution in [0.1, 0.15) is 53.7 Å². The first-order valence-electron chi connectivity index (χ1n) is 9.08. The molecule has 0 atom stereocenters. The number of hydrogen-bond acceptors (Lipinski definition) is 2. The van der Waals surface area contributed by atoms with Crippen LogP contribution in [0, 0.1) is 0 Å². The molecule has 0 unspecified atom stereocenters. The Morgan fingerprint density at radius 3 is 2.31 bits per heavy atom. The van der Waals surface area contributed by atoms with Crippen molar-refractivity contribution in [3.05, 3.63) is 77.0 Å². The lowest BCUT2D eigenvalue weighted by Crippen LogP contribution is -2.23. The molecule has 134 valence electrons. The van der Waals surface area contributed by atoms with Crippen LogP contribution in [0.3, 0.4) is 0 Å². The lowest BCUT2D eigenvalue weighted by Gasteiger charge is -2.09. The standard InChI is InChI=1S/C22H25N3O/c1-4-16-5-11-19(12-6-16)21-20(14-24-25-21)22(26)23-13-17-7-9-18(10-8-17)15(2)3/h5-12,14-15H,4,13H2,1-3H3,(H,23,26)(H,24,25). The molecule has 3 rings (SSSR count). The summed E-state index contributed by atoms with van der Waals surface area (Å²) in [6.07, 6.45) is 2.58. The van der Waals surface area contributed by atoms with Crippen molar-refractivity contribution in [3.63, 3.8) is 0 Å². The van der Waals surface area contributed by atoms with E-state index in [1.807, 2.05) is 12.1 Å². The summed E-state index contributed by atoms with van der Waals surface area (Å²) in [7, 11) is 0. The average Bonchev–Trinajstić information content (AvgIpc) is 3.16. The number of nitrogens with one attached hydrogen (secondary N) is 2. The van der Waals surface area contributed by atoms with Crippen LogP contribution in [-0.2, 0) is 13.0 Å². The van der Waals surface area contributed by atoms with E-state index in [2.05, 4.69) is 72.7 Å². The molecule has 1 heterocycles. The molecule has 0 fully saturated rings. The van der Waals surface area contributed by atoms with E-state index in [-0.39, 0.29) is 5.91 Å². The second-order valence-electron chi connectivity index (χ2n) is 6.79. The minimum atomic E-state index is -0.124. The molecule has 2 N–H and O–H groups in total. The highest BCUT2D eigenvalue weighted by Crippen LogP contribution is 2.22. The van der Waals surface area contributed by atoms with Crippen molar-refractivity contribution in [1.82, 2.24) is 15.5 Å². The molecule has 4 heteroatoms. The topological polar surface area (TPSA) is 57.8 Å². The summed E-state index contributed by atoms with van der Waals surface area (Å²) in [6.45, 7) is 6.96. The third-order valence-corrected chi connectivity index (χ3v) is 4.63. The molecule has 0 radical (unpaired) electrons. The van der Waals surface area contributed by atoms with E-state index in [9.17, 15) is 4.79 Å². The third-order valence-electron chi connectivity index (χ3n) is 4.63. The Kier molecular flexibility index (Phi) is 5.52. The highest BCUT2D eigenvalue weighted by Gasteiger charge is 2.15. The summed E-state index contributed by atoms with van der Waals surface area (Å²) < 4.78 is 0. The zero-order valence-corrected chi connectivity index (χ0v) is 15.5. The molecule has 0 aliphatic rings. The molecule has 0 saturated carbocycles. The number of carbonyl (C=O) groups is 1. The molecule has 2 aromatic carbocycles. The van der Waals surface area contributed by atoms with Gasteiger partial charge in [-0.3, -0.25) is 9.89 Å². The fourth-order valence-electron chi connectivity index (χ4n) is 2.88. The predicted octanol–water partition coefficient (Wildman–Crippen LogP) is 4.69. The number of aryl methyl sites for hydroxylation is 1. The lowest BCUT2D eigenvalue weighted by atomic mass is 10.0. The molecule has 0 aliphatic heterocycles. The quantitative estimate of drug-likeness (QED) is 0.679. The number of aromatic nitrogens is 2. The molecule has 0 saturated heterocycles. The Hall–Kier alpha value is -2.88. The fourth-order valence-corrected chi connectivity index (χ4v) is 2.88. The molecule has 1 amide bonds. The van der Waals surface area contributed by atoms with Crippen LogP contribution in [0.2, 0.25) is 0 Å². The van der Waals surface area contributed by atoms with E-state index in [0.717, 1.165) is 23.2 Å². The van der Waals surface area contributed by atoms with Crippen molar-refractivity contribution in [2.45, 2.75) is 39.7 Å². The van der Waals surface area contributed by atoms with Crippen molar-refractivity contribution in [2.24, 2.45) is 0 Å². The van der Waals surface area contributed by atoms with Crippen LogP contribution in [0.25, 0.3) is 11.3 Å². The number of hydrogen-bond donors (Lipinski definition) is 2. The zero-order valence-electron chi connectivity index (χ0n) is 15.5. The maximum atomic E-state index is 12.6. The van der Waals surface area contributed by atoms with Crippen LogP contribution in [0.15, 0.2) is 54.7 Å². The van der Waals surface area contributed by atoms with E-state index in [4.69, 9.17) is 0 Å². The van der Waals surface area contributed by atoms with Crippen LogP contribution in [0.5, 0.6) is 0 Å². The molecule has 4 nitrogen and oxygen atoms in total. The maximum absolute atomic E-state index is 12.6. The van der Waals surface area contributed by atoms with E-state index < -0.39 is 0 Å². The Balaban J connectivity index is 1.69. The van der Waals surface area contributed by atoms with Gasteiger partial charge in [-0.1, -0.05) is 69.3 Å². The van der Waals surface area contributed by atoms with E-state index >= 15 is 0 Å². The summed E-state index contributed by atoms with van der Waals surface area (Å²) in [5.74, 6) is 0.382. The first-order valence-corrected chi connectivity index (χ1v) is 9.08. The van der Waals surface area contributed by atoms with Gasteiger partial charge in [-0.2, -0.15) is 5.10 Å². The van der Waals surface area contributed by atoms with Crippen molar-refractivity contribution in [1.29, 1.82) is 0 Å². The number of carbonyl (C=O) groups excluding carboxylic acids is 1. The molecule has 0 spiro atoms. The number of aromatic amines is 1. The number of benzene rings is 2. The summed E-state index contributed by atoms with van der Waals surface area (Å²) in [6, 6.07) is 16.6. The minimum Gasteiger partial charge on any atom is -0.348 e. The van der Waals surface area contributed by atoms with E-state index in [0.29, 0.717) is 18.0 Å². The predicted molar refractivity (Wildman–Crippen MR) is 105 cm³/mol. The fraction of sp³-hybridized carbons (Fsp3) is 0.273. The Morgan fingerprint density at radius 1 is 1.04 bits per heavy atom. The summed E-state index contributed by atoms with van der Waals surface area (Å²) in [5, 5.41) is 9.99. The van der Waals surface area contributed by atoms with Crippen molar-refractivity contribution in [2.75, 3.05) is 0 Å². The van der Waals surface area contributed by atoms with E-state index in [1.54, 1.807) is 6.20 Å². The van der Waals surface area contributed by atoms with Gasteiger partial charge in [0, 0.05) is 12.1 Å². The van der Waals surface area contributed by atoms with E-state index in [1.165, 1.54) is 11.1 Å². The molecular formula is C22H25N3O. The molecular weight excluding hydrogens is 322 g/mol. The maximum Gasteiger partial charge on any atom is 0.255 e. The van der Waals surface area contributed by atoms with Gasteiger partial charge in [0.2, 0.25) is 0 Å². The molecule has 0 aliphatic carbocycles. The molecule has 26 heavy (non-hydrogen) atoms. The van der Waals surface area contributed by atoms with Crippen LogP contribution in [-0.4, -0.2) is 16.1 Å². The van der Waals surface area contributed by atoms with Gasteiger partial charge in [0.15, 0.2) is 0 Å². The molecule has 1 aromatic heterocycles. The Labute approximate surface area is 154 Å². The first kappa shape index (κ1) is 17.9. The third kappa shape index (κ3) is 4.02. The van der Waals surface area contributed by atoms with Crippen molar-refractivity contribution in [3.8, 4) is 11.3 Å². The second-order valence-corrected chi connectivity index (χ2v) is 6.79. The van der Waals surface area contributed by atoms with Crippen LogP contribution < -0.4 is 5.32 Å². The number of nitrogens with zero attached hydrogens (tertiary/aromatic N) is 1. The first-order chi connectivity index (χ1) is 12.6. The minimum absolute atomic E-state index is 0.124. The van der Waals surface area contributed by atoms with Gasteiger partial charge in [0.1, 0.15) is 0 Å². The van der Waals surface area contributed by atoms with Crippen molar-refractivity contribution >= 4 is 5.91 Å². The Bertz CT molecular complexity index is 861. The summed E-state index contributed by atoms with van der Waals surface area (Å²) in [5.41, 5.74) is 5.93. The van der Waals surface area contributed by atoms with Gasteiger partial charge in [-0.05, 0) is 29.0 Å². The zero-order chi connectivity index (χ0) is 18.5. The highest BCUT2D eigenvalue weighted by molar-refractivity contribution is 5.99.